The highest BCUT2D eigenvalue weighted by Gasteiger charge is 2.17. The van der Waals surface area contributed by atoms with E-state index in [0.717, 1.165) is 0 Å². The van der Waals surface area contributed by atoms with E-state index in [1.165, 1.54) is 34.9 Å². The fraction of sp³-hybridized carbons (Fsp3) is 0.0714. The smallest absolute Gasteiger partial charge is 0.147 e. The summed E-state index contributed by atoms with van der Waals surface area (Å²) in [5.74, 6) is -0.449. The molecule has 7 heteroatoms. The second kappa shape index (κ2) is 5.55. The molecule has 0 bridgehead atoms. The minimum Gasteiger partial charge on any atom is -0.292 e. The summed E-state index contributed by atoms with van der Waals surface area (Å²) in [5.41, 5.74) is 1.16. The van der Waals surface area contributed by atoms with Crippen LogP contribution >= 0.6 is 39.1 Å². The van der Waals surface area contributed by atoms with Crippen molar-refractivity contribution in [3.63, 3.8) is 0 Å². The Kier molecular flexibility index (Phi) is 3.90. The predicted octanol–water partition coefficient (Wildman–Crippen LogP) is 5.46. The Morgan fingerprint density at radius 1 is 1.14 bits per heavy atom. The zero-order chi connectivity index (χ0) is 15.1. The molecule has 0 unspecified atom stereocenters. The molecule has 108 valence electrons. The van der Waals surface area contributed by atoms with Gasteiger partial charge < -0.3 is 0 Å². The van der Waals surface area contributed by atoms with Crippen LogP contribution in [0.1, 0.15) is 5.82 Å². The van der Waals surface area contributed by atoms with Crippen molar-refractivity contribution in [2.75, 3.05) is 0 Å². The molecule has 0 saturated carbocycles. The zero-order valence-electron chi connectivity index (χ0n) is 10.4. The zero-order valence-corrected chi connectivity index (χ0v) is 13.5. The topological polar surface area (TPSA) is 17.8 Å². The summed E-state index contributed by atoms with van der Waals surface area (Å²) < 4.78 is 29.5. The van der Waals surface area contributed by atoms with Crippen molar-refractivity contribution in [2.45, 2.75) is 5.88 Å². The van der Waals surface area contributed by atoms with E-state index in [-0.39, 0.29) is 16.0 Å². The van der Waals surface area contributed by atoms with E-state index in [1.54, 1.807) is 0 Å². The Morgan fingerprint density at radius 3 is 2.62 bits per heavy atom. The summed E-state index contributed by atoms with van der Waals surface area (Å²) in [6.07, 6.45) is 0. The summed E-state index contributed by atoms with van der Waals surface area (Å²) in [6, 6.07) is 7.00. The molecule has 2 aromatic carbocycles. The average molecular weight is 392 g/mol. The Labute approximate surface area is 137 Å². The Balaban J connectivity index is 2.40. The molecule has 3 rings (SSSR count). The molecule has 0 aliphatic rings. The third kappa shape index (κ3) is 2.54. The number of hydrogen-bond acceptors (Lipinski definition) is 1. The molecule has 0 aliphatic carbocycles. The molecule has 0 saturated heterocycles. The number of rotatable bonds is 2. The fourth-order valence-electron chi connectivity index (χ4n) is 2.14. The molecule has 0 atom stereocenters. The van der Waals surface area contributed by atoms with Crippen molar-refractivity contribution in [3.8, 4) is 5.69 Å². The van der Waals surface area contributed by atoms with Gasteiger partial charge in [0.1, 0.15) is 17.5 Å². The number of alkyl halides is 1. The standard InChI is InChI=1S/C14H7BrCl2F2N2/c15-8-4-13-11(5-10(8)19)20-14(6-16)21(13)12-3-7(17)1-2-9(12)18/h1-5H,6H2. The van der Waals surface area contributed by atoms with Gasteiger partial charge in [-0.1, -0.05) is 11.6 Å². The molecule has 21 heavy (non-hydrogen) atoms. The summed E-state index contributed by atoms with van der Waals surface area (Å²) in [7, 11) is 0. The highest BCUT2D eigenvalue weighted by molar-refractivity contribution is 9.10. The largest absolute Gasteiger partial charge is 0.292 e. The second-order valence-corrected chi connectivity index (χ2v) is 5.91. The molecule has 0 radical (unpaired) electrons. The van der Waals surface area contributed by atoms with Gasteiger partial charge in [-0.15, -0.1) is 11.6 Å². The first-order chi connectivity index (χ1) is 10.0. The van der Waals surface area contributed by atoms with Gasteiger partial charge in [0.05, 0.1) is 27.1 Å². The Morgan fingerprint density at radius 2 is 1.90 bits per heavy atom. The Hall–Kier alpha value is -1.17. The van der Waals surface area contributed by atoms with Gasteiger partial charge in [-0.3, -0.25) is 4.57 Å². The van der Waals surface area contributed by atoms with E-state index in [0.29, 0.717) is 21.9 Å². The van der Waals surface area contributed by atoms with E-state index >= 15 is 0 Å². The number of benzene rings is 2. The quantitative estimate of drug-likeness (QED) is 0.530. The van der Waals surface area contributed by atoms with E-state index < -0.39 is 11.6 Å². The average Bonchev–Trinajstić information content (AvgIpc) is 2.79. The van der Waals surface area contributed by atoms with Crippen molar-refractivity contribution in [2.24, 2.45) is 0 Å². The maximum absolute atomic E-state index is 14.1. The number of nitrogens with zero attached hydrogens (tertiary/aromatic N) is 2. The Bertz CT molecular complexity index is 849. The SMILES string of the molecule is Fc1cc2nc(CCl)n(-c3cc(Cl)ccc3F)c2cc1Br. The minimum absolute atomic E-state index is 0.0554. The van der Waals surface area contributed by atoms with E-state index in [4.69, 9.17) is 23.2 Å². The number of aromatic nitrogens is 2. The van der Waals surface area contributed by atoms with Crippen LogP contribution in [0.3, 0.4) is 0 Å². The molecule has 1 aromatic heterocycles. The summed E-state index contributed by atoms with van der Waals surface area (Å²) in [4.78, 5) is 4.24. The summed E-state index contributed by atoms with van der Waals surface area (Å²) >= 11 is 14.9. The van der Waals surface area contributed by atoms with Crippen LogP contribution < -0.4 is 0 Å². The monoisotopic (exact) mass is 390 g/mol. The van der Waals surface area contributed by atoms with Crippen molar-refractivity contribution in [1.29, 1.82) is 0 Å². The molecule has 0 aliphatic heterocycles. The molecule has 0 spiro atoms. The lowest BCUT2D eigenvalue weighted by molar-refractivity contribution is 0.617. The van der Waals surface area contributed by atoms with Crippen molar-refractivity contribution >= 4 is 50.2 Å². The van der Waals surface area contributed by atoms with Gasteiger partial charge >= 0.3 is 0 Å². The predicted molar refractivity (Wildman–Crippen MR) is 83.3 cm³/mol. The van der Waals surface area contributed by atoms with Gasteiger partial charge in [-0.05, 0) is 40.2 Å². The number of halogens is 5. The van der Waals surface area contributed by atoms with Crippen LogP contribution in [-0.2, 0) is 5.88 Å². The summed E-state index contributed by atoms with van der Waals surface area (Å²) in [5, 5.41) is 0.384. The van der Waals surface area contributed by atoms with Gasteiger partial charge in [0.15, 0.2) is 0 Å². The first kappa shape index (κ1) is 14.8. The molecule has 3 aromatic rings. The van der Waals surface area contributed by atoms with Crippen LogP contribution in [0.25, 0.3) is 16.7 Å². The van der Waals surface area contributed by atoms with Crippen molar-refractivity contribution in [3.05, 3.63) is 57.3 Å². The van der Waals surface area contributed by atoms with Crippen molar-refractivity contribution in [1.82, 2.24) is 9.55 Å². The molecular weight excluding hydrogens is 385 g/mol. The maximum atomic E-state index is 14.1. The van der Waals surface area contributed by atoms with Crippen LogP contribution in [0, 0.1) is 11.6 Å². The molecule has 2 nitrogen and oxygen atoms in total. The van der Waals surface area contributed by atoms with Gasteiger partial charge in [0.2, 0.25) is 0 Å². The maximum Gasteiger partial charge on any atom is 0.147 e. The third-order valence-corrected chi connectivity index (χ3v) is 4.12. The first-order valence-electron chi connectivity index (χ1n) is 5.89. The van der Waals surface area contributed by atoms with Crippen LogP contribution in [-0.4, -0.2) is 9.55 Å². The fourth-order valence-corrected chi connectivity index (χ4v) is 2.82. The lowest BCUT2D eigenvalue weighted by Crippen LogP contribution is -2.02. The minimum atomic E-state index is -0.467. The second-order valence-electron chi connectivity index (χ2n) is 4.35. The van der Waals surface area contributed by atoms with E-state index in [1.807, 2.05) is 0 Å². The van der Waals surface area contributed by atoms with Crippen LogP contribution in [0.15, 0.2) is 34.8 Å². The molecule has 0 N–H and O–H groups in total. The lowest BCUT2D eigenvalue weighted by atomic mass is 10.2. The van der Waals surface area contributed by atoms with Crippen LogP contribution in [0.5, 0.6) is 0 Å². The molecule has 0 fully saturated rings. The van der Waals surface area contributed by atoms with Gasteiger partial charge in [-0.2, -0.15) is 0 Å². The van der Waals surface area contributed by atoms with Crippen LogP contribution in [0.4, 0.5) is 8.78 Å². The van der Waals surface area contributed by atoms with Gasteiger partial charge in [0, 0.05) is 11.1 Å². The van der Waals surface area contributed by atoms with Gasteiger partial charge in [0.25, 0.3) is 0 Å². The van der Waals surface area contributed by atoms with Crippen LogP contribution in [0.2, 0.25) is 5.02 Å². The van der Waals surface area contributed by atoms with E-state index in [9.17, 15) is 8.78 Å². The van der Waals surface area contributed by atoms with Crippen molar-refractivity contribution < 1.29 is 8.78 Å². The lowest BCUT2D eigenvalue weighted by Gasteiger charge is -2.09. The van der Waals surface area contributed by atoms with E-state index in [2.05, 4.69) is 20.9 Å². The molecular formula is C14H7BrCl2F2N2. The number of fused-ring (bicyclic) bond motifs is 1. The van der Waals surface area contributed by atoms with Gasteiger partial charge in [-0.25, -0.2) is 13.8 Å². The highest BCUT2D eigenvalue weighted by Crippen LogP contribution is 2.29. The normalized spacial score (nSPS) is 11.3. The molecule has 0 amide bonds. The first-order valence-corrected chi connectivity index (χ1v) is 7.59. The molecule has 1 heterocycles. The third-order valence-electron chi connectivity index (χ3n) is 3.03. The highest BCUT2D eigenvalue weighted by atomic mass is 79.9. The number of imidazole rings is 1. The summed E-state index contributed by atoms with van der Waals surface area (Å²) in [6.45, 7) is 0. The number of hydrogen-bond donors (Lipinski definition) is 0.